The van der Waals surface area contributed by atoms with Crippen molar-refractivity contribution in [1.82, 2.24) is 0 Å². The molecule has 0 radical (unpaired) electrons. The number of allylic oxidation sites excluding steroid dienone is 2. The Bertz CT molecular complexity index is 534. The molecule has 0 N–H and O–H groups in total. The summed E-state index contributed by atoms with van der Waals surface area (Å²) in [6.07, 6.45) is 1.91. The lowest BCUT2D eigenvalue weighted by atomic mass is 9.85. The Morgan fingerprint density at radius 1 is 1.15 bits per heavy atom. The van der Waals surface area contributed by atoms with Crippen LogP contribution in [-0.4, -0.2) is 5.97 Å². The van der Waals surface area contributed by atoms with Crippen molar-refractivity contribution in [3.63, 3.8) is 0 Å². The van der Waals surface area contributed by atoms with E-state index in [4.69, 9.17) is 9.47 Å². The first-order chi connectivity index (χ1) is 9.15. The fourth-order valence-corrected chi connectivity index (χ4v) is 1.88. The minimum Gasteiger partial charge on any atom is -0.462 e. The zero-order chi connectivity index (χ0) is 15.5. The van der Waals surface area contributed by atoms with Crippen molar-refractivity contribution in [2.45, 2.75) is 53.9 Å². The SMILES string of the molecule is CC=C(C)Oc1cc(C)c(OC(C)=O)c(C(C)(C)C)c1. The fourth-order valence-electron chi connectivity index (χ4n) is 1.88. The van der Waals surface area contributed by atoms with Gasteiger partial charge in [0, 0.05) is 12.5 Å². The molecule has 0 fully saturated rings. The van der Waals surface area contributed by atoms with Gasteiger partial charge in [-0.05, 0) is 50.0 Å². The highest BCUT2D eigenvalue weighted by Gasteiger charge is 2.23. The van der Waals surface area contributed by atoms with E-state index in [9.17, 15) is 4.79 Å². The Balaban J connectivity index is 3.37. The molecule has 20 heavy (non-hydrogen) atoms. The van der Waals surface area contributed by atoms with E-state index in [0.717, 1.165) is 22.6 Å². The molecule has 1 aromatic rings. The molecule has 3 heteroatoms. The molecule has 0 saturated carbocycles. The average Bonchev–Trinajstić information content (AvgIpc) is 2.30. The number of ether oxygens (including phenoxy) is 2. The molecule has 0 heterocycles. The van der Waals surface area contributed by atoms with Crippen molar-refractivity contribution in [3.05, 3.63) is 35.1 Å². The number of esters is 1. The van der Waals surface area contributed by atoms with Crippen molar-refractivity contribution in [2.75, 3.05) is 0 Å². The molecule has 0 atom stereocenters. The maximum atomic E-state index is 11.3. The lowest BCUT2D eigenvalue weighted by Gasteiger charge is -2.24. The quantitative estimate of drug-likeness (QED) is 0.462. The summed E-state index contributed by atoms with van der Waals surface area (Å²) in [6, 6.07) is 3.83. The summed E-state index contributed by atoms with van der Waals surface area (Å²) in [5.41, 5.74) is 1.72. The summed E-state index contributed by atoms with van der Waals surface area (Å²) < 4.78 is 11.1. The molecule has 0 aliphatic heterocycles. The molecule has 0 amide bonds. The Kier molecular flexibility index (Phi) is 4.98. The predicted octanol–water partition coefficient (Wildman–Crippen LogP) is 4.52. The summed E-state index contributed by atoms with van der Waals surface area (Å²) in [4.78, 5) is 11.3. The van der Waals surface area contributed by atoms with Gasteiger partial charge in [0.1, 0.15) is 11.5 Å². The van der Waals surface area contributed by atoms with Gasteiger partial charge in [0.15, 0.2) is 0 Å². The van der Waals surface area contributed by atoms with Crippen molar-refractivity contribution in [3.8, 4) is 11.5 Å². The molecule has 3 nitrogen and oxygen atoms in total. The van der Waals surface area contributed by atoms with E-state index in [1.54, 1.807) is 0 Å². The first-order valence-corrected chi connectivity index (χ1v) is 6.79. The normalized spacial score (nSPS) is 12.2. The summed E-state index contributed by atoms with van der Waals surface area (Å²) in [5, 5.41) is 0. The van der Waals surface area contributed by atoms with Gasteiger partial charge in [-0.1, -0.05) is 20.8 Å². The van der Waals surface area contributed by atoms with Crippen LogP contribution < -0.4 is 9.47 Å². The monoisotopic (exact) mass is 276 g/mol. The molecule has 0 spiro atoms. The van der Waals surface area contributed by atoms with Crippen molar-refractivity contribution >= 4 is 5.97 Å². The molecular weight excluding hydrogens is 252 g/mol. The van der Waals surface area contributed by atoms with Crippen LogP contribution in [0.5, 0.6) is 11.5 Å². The van der Waals surface area contributed by atoms with Crippen LogP contribution >= 0.6 is 0 Å². The minimum absolute atomic E-state index is 0.140. The van der Waals surface area contributed by atoms with Gasteiger partial charge in [-0.3, -0.25) is 4.79 Å². The van der Waals surface area contributed by atoms with E-state index >= 15 is 0 Å². The van der Waals surface area contributed by atoms with Gasteiger partial charge < -0.3 is 9.47 Å². The van der Waals surface area contributed by atoms with E-state index < -0.39 is 0 Å². The zero-order valence-corrected chi connectivity index (χ0v) is 13.5. The number of rotatable bonds is 3. The van der Waals surface area contributed by atoms with Gasteiger partial charge >= 0.3 is 5.97 Å². The van der Waals surface area contributed by atoms with Crippen LogP contribution in [0.4, 0.5) is 0 Å². The summed E-state index contributed by atoms with van der Waals surface area (Å²) in [7, 11) is 0. The van der Waals surface area contributed by atoms with E-state index in [-0.39, 0.29) is 11.4 Å². The van der Waals surface area contributed by atoms with Gasteiger partial charge in [0.25, 0.3) is 0 Å². The maximum absolute atomic E-state index is 11.3. The lowest BCUT2D eigenvalue weighted by molar-refractivity contribution is -0.132. The molecule has 1 aromatic carbocycles. The van der Waals surface area contributed by atoms with Gasteiger partial charge in [0.05, 0.1) is 5.76 Å². The van der Waals surface area contributed by atoms with Gasteiger partial charge in [-0.25, -0.2) is 0 Å². The van der Waals surface area contributed by atoms with Crippen molar-refractivity contribution in [1.29, 1.82) is 0 Å². The molecular formula is C17H24O3. The molecule has 0 saturated heterocycles. The maximum Gasteiger partial charge on any atom is 0.308 e. The highest BCUT2D eigenvalue weighted by atomic mass is 16.5. The molecule has 1 rings (SSSR count). The molecule has 0 bridgehead atoms. The molecule has 0 aliphatic rings. The number of carbonyl (C=O) groups excluding carboxylic acids is 1. The smallest absolute Gasteiger partial charge is 0.308 e. The number of hydrogen-bond donors (Lipinski definition) is 0. The van der Waals surface area contributed by atoms with Gasteiger partial charge in [0.2, 0.25) is 0 Å². The number of benzene rings is 1. The Hall–Kier alpha value is -1.77. The standard InChI is InChI=1S/C17H24O3/c1-8-12(3)19-14-9-11(2)16(20-13(4)18)15(10-14)17(5,6)7/h8-10H,1-7H3. The Morgan fingerprint density at radius 3 is 2.20 bits per heavy atom. The van der Waals surface area contributed by atoms with Crippen molar-refractivity contribution < 1.29 is 14.3 Å². The van der Waals surface area contributed by atoms with Crippen LogP contribution in [0.15, 0.2) is 24.0 Å². The third-order valence-corrected chi connectivity index (χ3v) is 2.99. The van der Waals surface area contributed by atoms with Crippen LogP contribution in [0.1, 0.15) is 52.7 Å². The fraction of sp³-hybridized carbons (Fsp3) is 0.471. The average molecular weight is 276 g/mol. The first-order valence-electron chi connectivity index (χ1n) is 6.79. The molecule has 110 valence electrons. The van der Waals surface area contributed by atoms with E-state index in [1.165, 1.54) is 6.92 Å². The van der Waals surface area contributed by atoms with E-state index in [2.05, 4.69) is 20.8 Å². The summed E-state index contributed by atoms with van der Waals surface area (Å²) in [6.45, 7) is 13.4. The second-order valence-electron chi connectivity index (χ2n) is 5.96. The first kappa shape index (κ1) is 16.3. The lowest BCUT2D eigenvalue weighted by Crippen LogP contribution is -2.16. The van der Waals surface area contributed by atoms with Crippen LogP contribution in [-0.2, 0) is 10.2 Å². The zero-order valence-electron chi connectivity index (χ0n) is 13.5. The number of carbonyl (C=O) groups is 1. The van der Waals surface area contributed by atoms with E-state index in [0.29, 0.717) is 5.75 Å². The summed E-state index contributed by atoms with van der Waals surface area (Å²) in [5.74, 6) is 1.93. The van der Waals surface area contributed by atoms with Crippen LogP contribution in [0.2, 0.25) is 0 Å². The second kappa shape index (κ2) is 6.12. The van der Waals surface area contributed by atoms with Gasteiger partial charge in [-0.15, -0.1) is 0 Å². The van der Waals surface area contributed by atoms with E-state index in [1.807, 2.05) is 39.0 Å². The second-order valence-corrected chi connectivity index (χ2v) is 5.96. The molecule has 0 aliphatic carbocycles. The molecule has 0 unspecified atom stereocenters. The van der Waals surface area contributed by atoms with Crippen molar-refractivity contribution in [2.24, 2.45) is 0 Å². The third-order valence-electron chi connectivity index (χ3n) is 2.99. The highest BCUT2D eigenvalue weighted by molar-refractivity contribution is 5.71. The predicted molar refractivity (Wildman–Crippen MR) is 81.2 cm³/mol. The Labute approximate surface area is 121 Å². The van der Waals surface area contributed by atoms with Crippen LogP contribution in [0.3, 0.4) is 0 Å². The summed E-state index contributed by atoms with van der Waals surface area (Å²) >= 11 is 0. The topological polar surface area (TPSA) is 35.5 Å². The van der Waals surface area contributed by atoms with Gasteiger partial charge in [-0.2, -0.15) is 0 Å². The highest BCUT2D eigenvalue weighted by Crippen LogP contribution is 2.37. The molecule has 0 aromatic heterocycles. The minimum atomic E-state index is -0.308. The Morgan fingerprint density at radius 2 is 1.75 bits per heavy atom. The van der Waals surface area contributed by atoms with Crippen LogP contribution in [0.25, 0.3) is 0 Å². The third kappa shape index (κ3) is 4.12. The number of aryl methyl sites for hydroxylation is 1. The number of hydrogen-bond acceptors (Lipinski definition) is 3. The van der Waals surface area contributed by atoms with Crippen LogP contribution in [0, 0.1) is 6.92 Å². The largest absolute Gasteiger partial charge is 0.462 e.